The second kappa shape index (κ2) is 12.8. The standard InChI is InChI=1S/C19H31NO4/c1-3-5-7-9-16-15-17(23-14-8-6-4-2)10-11-18(16)19(22)24-20-12-13-21/h10-11,15,20-21H,3-9,12-14H2,1-2H3. The number of carbonyl (C=O) groups excluding carboxylic acids is 1. The van der Waals surface area contributed by atoms with E-state index in [0.29, 0.717) is 12.2 Å². The molecule has 5 heteroatoms. The van der Waals surface area contributed by atoms with Crippen LogP contribution in [0.3, 0.4) is 0 Å². The van der Waals surface area contributed by atoms with Gasteiger partial charge in [0.15, 0.2) is 0 Å². The Kier molecular flexibility index (Phi) is 10.9. The molecule has 0 aliphatic rings. The highest BCUT2D eigenvalue weighted by Gasteiger charge is 2.14. The molecule has 5 nitrogen and oxygen atoms in total. The van der Waals surface area contributed by atoms with Crippen molar-refractivity contribution in [3.8, 4) is 5.75 Å². The molecule has 0 atom stereocenters. The highest BCUT2D eigenvalue weighted by atomic mass is 16.7. The van der Waals surface area contributed by atoms with Gasteiger partial charge in [0.2, 0.25) is 0 Å². The number of ether oxygens (including phenoxy) is 1. The number of hydrogen-bond acceptors (Lipinski definition) is 5. The Balaban J connectivity index is 2.74. The number of benzene rings is 1. The first-order valence-corrected chi connectivity index (χ1v) is 9.03. The first-order valence-electron chi connectivity index (χ1n) is 9.03. The van der Waals surface area contributed by atoms with Gasteiger partial charge in [0, 0.05) is 0 Å². The predicted octanol–water partition coefficient (Wildman–Crippen LogP) is 3.64. The highest BCUT2D eigenvalue weighted by Crippen LogP contribution is 2.21. The van der Waals surface area contributed by atoms with Crippen LogP contribution in [0.5, 0.6) is 5.75 Å². The van der Waals surface area contributed by atoms with E-state index in [-0.39, 0.29) is 13.2 Å². The maximum Gasteiger partial charge on any atom is 0.357 e. The summed E-state index contributed by atoms with van der Waals surface area (Å²) in [5.74, 6) is 0.380. The van der Waals surface area contributed by atoms with E-state index >= 15 is 0 Å². The number of carbonyl (C=O) groups is 1. The zero-order valence-corrected chi connectivity index (χ0v) is 15.0. The maximum absolute atomic E-state index is 12.2. The number of rotatable bonds is 13. The first-order chi connectivity index (χ1) is 11.7. The summed E-state index contributed by atoms with van der Waals surface area (Å²) in [6.07, 6.45) is 7.46. The molecule has 0 unspecified atom stereocenters. The molecule has 0 spiro atoms. The Morgan fingerprint density at radius 2 is 1.88 bits per heavy atom. The van der Waals surface area contributed by atoms with E-state index in [9.17, 15) is 4.79 Å². The maximum atomic E-state index is 12.2. The minimum absolute atomic E-state index is 0.0822. The van der Waals surface area contributed by atoms with Gasteiger partial charge in [-0.15, -0.1) is 0 Å². The van der Waals surface area contributed by atoms with E-state index in [4.69, 9.17) is 14.7 Å². The molecule has 0 heterocycles. The van der Waals surface area contributed by atoms with Crippen molar-refractivity contribution in [2.75, 3.05) is 19.8 Å². The number of nitrogens with one attached hydrogen (secondary N) is 1. The van der Waals surface area contributed by atoms with Gasteiger partial charge in [-0.2, -0.15) is 5.48 Å². The lowest BCUT2D eigenvalue weighted by Crippen LogP contribution is -2.23. The molecule has 0 bridgehead atoms. The smallest absolute Gasteiger partial charge is 0.357 e. The third-order valence-corrected chi connectivity index (χ3v) is 3.74. The van der Waals surface area contributed by atoms with Crippen LogP contribution >= 0.6 is 0 Å². The van der Waals surface area contributed by atoms with Gasteiger partial charge in [0.05, 0.1) is 25.3 Å². The monoisotopic (exact) mass is 337 g/mol. The molecular weight excluding hydrogens is 306 g/mol. The van der Waals surface area contributed by atoms with Crippen LogP contribution in [0.2, 0.25) is 0 Å². The van der Waals surface area contributed by atoms with E-state index in [0.717, 1.165) is 56.3 Å². The Morgan fingerprint density at radius 3 is 2.58 bits per heavy atom. The lowest BCUT2D eigenvalue weighted by Gasteiger charge is -2.12. The van der Waals surface area contributed by atoms with E-state index in [1.165, 1.54) is 0 Å². The molecule has 1 aromatic carbocycles. The second-order valence-electron chi connectivity index (χ2n) is 5.84. The SMILES string of the molecule is CCCCCOc1ccc(C(=O)ONCCO)c(CCCCC)c1. The summed E-state index contributed by atoms with van der Waals surface area (Å²) in [7, 11) is 0. The van der Waals surface area contributed by atoms with Gasteiger partial charge >= 0.3 is 5.97 Å². The quantitative estimate of drug-likeness (QED) is 0.425. The van der Waals surface area contributed by atoms with E-state index in [2.05, 4.69) is 19.3 Å². The van der Waals surface area contributed by atoms with Gasteiger partial charge in [-0.3, -0.25) is 0 Å². The Bertz CT molecular complexity index is 476. The third-order valence-electron chi connectivity index (χ3n) is 3.74. The molecular formula is C19H31NO4. The van der Waals surface area contributed by atoms with Gasteiger partial charge in [-0.05, 0) is 43.0 Å². The highest BCUT2D eigenvalue weighted by molar-refractivity contribution is 5.91. The van der Waals surface area contributed by atoms with Gasteiger partial charge < -0.3 is 14.7 Å². The zero-order chi connectivity index (χ0) is 17.6. The summed E-state index contributed by atoms with van der Waals surface area (Å²) in [6.45, 7) is 5.15. The summed E-state index contributed by atoms with van der Waals surface area (Å²) in [5.41, 5.74) is 3.96. The number of hydrogen-bond donors (Lipinski definition) is 2. The first kappa shape index (κ1) is 20.5. The number of hydroxylamine groups is 1. The van der Waals surface area contributed by atoms with Crippen molar-refractivity contribution in [3.63, 3.8) is 0 Å². The Hall–Kier alpha value is -1.59. The molecule has 0 aromatic heterocycles. The Morgan fingerprint density at radius 1 is 1.12 bits per heavy atom. The average molecular weight is 337 g/mol. The number of aryl methyl sites for hydroxylation is 1. The molecule has 136 valence electrons. The molecule has 0 saturated heterocycles. The molecule has 1 aromatic rings. The van der Waals surface area contributed by atoms with Crippen LogP contribution < -0.4 is 10.2 Å². The number of unbranched alkanes of at least 4 members (excludes halogenated alkanes) is 4. The predicted molar refractivity (Wildman–Crippen MR) is 95.2 cm³/mol. The molecule has 0 amide bonds. The topological polar surface area (TPSA) is 67.8 Å². The second-order valence-corrected chi connectivity index (χ2v) is 5.84. The fourth-order valence-electron chi connectivity index (χ4n) is 2.39. The van der Waals surface area contributed by atoms with Gasteiger partial charge in [0.1, 0.15) is 5.75 Å². The molecule has 0 radical (unpaired) electrons. The molecule has 1 rings (SSSR count). The molecule has 0 aliphatic heterocycles. The van der Waals surface area contributed by atoms with Crippen molar-refractivity contribution in [3.05, 3.63) is 29.3 Å². The molecule has 0 aliphatic carbocycles. The van der Waals surface area contributed by atoms with Crippen LogP contribution in [0.4, 0.5) is 0 Å². The minimum Gasteiger partial charge on any atom is -0.494 e. The van der Waals surface area contributed by atoms with E-state index < -0.39 is 5.97 Å². The summed E-state index contributed by atoms with van der Waals surface area (Å²) in [4.78, 5) is 17.2. The summed E-state index contributed by atoms with van der Waals surface area (Å²) in [6, 6.07) is 5.53. The summed E-state index contributed by atoms with van der Waals surface area (Å²) in [5, 5.41) is 8.73. The zero-order valence-electron chi connectivity index (χ0n) is 15.0. The van der Waals surface area contributed by atoms with E-state index in [1.807, 2.05) is 12.1 Å². The van der Waals surface area contributed by atoms with Gasteiger partial charge in [0.25, 0.3) is 0 Å². The van der Waals surface area contributed by atoms with Crippen LogP contribution in [0.1, 0.15) is 68.3 Å². The third kappa shape index (κ3) is 7.79. The van der Waals surface area contributed by atoms with Crippen molar-refractivity contribution < 1.29 is 19.5 Å². The molecule has 0 fully saturated rings. The minimum atomic E-state index is -0.424. The fourth-order valence-corrected chi connectivity index (χ4v) is 2.39. The lowest BCUT2D eigenvalue weighted by atomic mass is 10.0. The van der Waals surface area contributed by atoms with Crippen molar-refractivity contribution >= 4 is 5.97 Å². The van der Waals surface area contributed by atoms with Crippen molar-refractivity contribution in [1.82, 2.24) is 5.48 Å². The molecule has 24 heavy (non-hydrogen) atoms. The van der Waals surface area contributed by atoms with Gasteiger partial charge in [-0.25, -0.2) is 4.79 Å². The largest absolute Gasteiger partial charge is 0.494 e. The van der Waals surface area contributed by atoms with E-state index in [1.54, 1.807) is 6.07 Å². The Labute approximate surface area is 145 Å². The number of aliphatic hydroxyl groups is 1. The van der Waals surface area contributed by atoms with Crippen LogP contribution in [0.15, 0.2) is 18.2 Å². The van der Waals surface area contributed by atoms with Crippen molar-refractivity contribution in [2.45, 2.75) is 58.8 Å². The van der Waals surface area contributed by atoms with Crippen LogP contribution in [0.25, 0.3) is 0 Å². The van der Waals surface area contributed by atoms with Crippen molar-refractivity contribution in [1.29, 1.82) is 0 Å². The summed E-state index contributed by atoms with van der Waals surface area (Å²) < 4.78 is 5.79. The molecule has 2 N–H and O–H groups in total. The molecule has 0 saturated carbocycles. The fraction of sp³-hybridized carbons (Fsp3) is 0.632. The van der Waals surface area contributed by atoms with Gasteiger partial charge in [-0.1, -0.05) is 39.5 Å². The summed E-state index contributed by atoms with van der Waals surface area (Å²) >= 11 is 0. The van der Waals surface area contributed by atoms with Crippen molar-refractivity contribution in [2.24, 2.45) is 0 Å². The van der Waals surface area contributed by atoms with Crippen LogP contribution in [-0.4, -0.2) is 30.8 Å². The number of aliphatic hydroxyl groups excluding tert-OH is 1. The normalized spacial score (nSPS) is 10.6. The van der Waals surface area contributed by atoms with Crippen LogP contribution in [-0.2, 0) is 11.3 Å². The lowest BCUT2D eigenvalue weighted by molar-refractivity contribution is 0.0222. The average Bonchev–Trinajstić information content (AvgIpc) is 2.59. The van der Waals surface area contributed by atoms with Crippen LogP contribution in [0, 0.1) is 0 Å².